The van der Waals surface area contributed by atoms with Crippen molar-refractivity contribution in [2.75, 3.05) is 7.11 Å². The highest BCUT2D eigenvalue weighted by molar-refractivity contribution is 7.89. The lowest BCUT2D eigenvalue weighted by Gasteiger charge is -2.06. The lowest BCUT2D eigenvalue weighted by molar-refractivity contribution is 0.104. The van der Waals surface area contributed by atoms with E-state index in [-0.39, 0.29) is 10.7 Å². The molecule has 22 heavy (non-hydrogen) atoms. The predicted molar refractivity (Wildman–Crippen MR) is 84.2 cm³/mol. The summed E-state index contributed by atoms with van der Waals surface area (Å²) in [5.41, 5.74) is 0.999. The van der Waals surface area contributed by atoms with Gasteiger partial charge in [0.2, 0.25) is 10.0 Å². The second-order valence-electron chi connectivity index (χ2n) is 4.51. The molecule has 5 nitrogen and oxygen atoms in total. The Morgan fingerprint density at radius 3 is 2.41 bits per heavy atom. The normalized spacial score (nSPS) is 11.5. The van der Waals surface area contributed by atoms with Gasteiger partial charge in [-0.2, -0.15) is 0 Å². The number of allylic oxidation sites excluding steroid dienone is 1. The molecule has 0 aliphatic carbocycles. The van der Waals surface area contributed by atoms with E-state index in [2.05, 4.69) is 0 Å². The fraction of sp³-hybridized carbons (Fsp3) is 0.0625. The first kappa shape index (κ1) is 15.9. The van der Waals surface area contributed by atoms with Crippen LogP contribution in [0.1, 0.15) is 15.9 Å². The van der Waals surface area contributed by atoms with Gasteiger partial charge in [0.15, 0.2) is 5.78 Å². The van der Waals surface area contributed by atoms with Gasteiger partial charge >= 0.3 is 0 Å². The second kappa shape index (κ2) is 6.55. The fourth-order valence-electron chi connectivity index (χ4n) is 1.88. The van der Waals surface area contributed by atoms with Crippen LogP contribution in [0.15, 0.2) is 59.5 Å². The van der Waals surface area contributed by atoms with E-state index in [1.807, 2.05) is 6.07 Å². The number of methoxy groups -OCH3 is 1. The molecule has 0 radical (unpaired) electrons. The summed E-state index contributed by atoms with van der Waals surface area (Å²) in [4.78, 5) is 12.0. The number of benzene rings is 2. The number of hydrogen-bond acceptors (Lipinski definition) is 4. The molecule has 0 saturated carbocycles. The largest absolute Gasteiger partial charge is 0.496 e. The number of hydrogen-bond donors (Lipinski definition) is 1. The van der Waals surface area contributed by atoms with Gasteiger partial charge in [-0.25, -0.2) is 13.6 Å². The number of ether oxygens (including phenoxy) is 1. The van der Waals surface area contributed by atoms with Crippen LogP contribution in [0.3, 0.4) is 0 Å². The van der Waals surface area contributed by atoms with E-state index in [1.54, 1.807) is 24.3 Å². The van der Waals surface area contributed by atoms with Crippen LogP contribution >= 0.6 is 0 Å². The molecule has 2 aromatic carbocycles. The molecular weight excluding hydrogens is 302 g/mol. The first-order valence-electron chi connectivity index (χ1n) is 6.40. The van der Waals surface area contributed by atoms with Crippen molar-refractivity contribution in [2.45, 2.75) is 4.90 Å². The minimum Gasteiger partial charge on any atom is -0.496 e. The van der Waals surface area contributed by atoms with Crippen LogP contribution in [0.4, 0.5) is 0 Å². The van der Waals surface area contributed by atoms with Crippen LogP contribution in [-0.4, -0.2) is 21.3 Å². The smallest absolute Gasteiger partial charge is 0.238 e. The molecule has 114 valence electrons. The van der Waals surface area contributed by atoms with E-state index in [4.69, 9.17) is 9.88 Å². The first-order chi connectivity index (χ1) is 10.4. The predicted octanol–water partition coefficient (Wildman–Crippen LogP) is 2.24. The third-order valence-corrected chi connectivity index (χ3v) is 3.91. The van der Waals surface area contributed by atoms with Crippen molar-refractivity contribution >= 4 is 21.9 Å². The third-order valence-electron chi connectivity index (χ3n) is 3.00. The molecule has 0 heterocycles. The van der Waals surface area contributed by atoms with Gasteiger partial charge in [-0.3, -0.25) is 4.79 Å². The molecule has 0 aliphatic heterocycles. The molecule has 0 aromatic heterocycles. The number of sulfonamides is 1. The highest BCUT2D eigenvalue weighted by Gasteiger charge is 2.11. The quantitative estimate of drug-likeness (QED) is 0.677. The Kier molecular flexibility index (Phi) is 4.75. The fourth-order valence-corrected chi connectivity index (χ4v) is 2.43. The molecule has 2 rings (SSSR count). The Labute approximate surface area is 129 Å². The maximum absolute atomic E-state index is 12.0. The second-order valence-corrected chi connectivity index (χ2v) is 6.07. The Balaban J connectivity index is 2.35. The number of ketones is 1. The van der Waals surface area contributed by atoms with E-state index >= 15 is 0 Å². The highest BCUT2D eigenvalue weighted by atomic mass is 32.2. The van der Waals surface area contributed by atoms with E-state index in [0.717, 1.165) is 0 Å². The van der Waals surface area contributed by atoms with Crippen molar-refractivity contribution in [3.05, 3.63) is 65.7 Å². The van der Waals surface area contributed by atoms with Crippen LogP contribution in [0.2, 0.25) is 0 Å². The summed E-state index contributed by atoms with van der Waals surface area (Å²) < 4.78 is 27.9. The van der Waals surface area contributed by atoms with Crippen molar-refractivity contribution in [2.24, 2.45) is 5.14 Å². The number of primary sulfonamides is 1. The van der Waals surface area contributed by atoms with Gasteiger partial charge in [-0.05, 0) is 30.4 Å². The van der Waals surface area contributed by atoms with Crippen molar-refractivity contribution < 1.29 is 17.9 Å². The zero-order chi connectivity index (χ0) is 16.2. The van der Waals surface area contributed by atoms with Crippen LogP contribution in [0, 0.1) is 0 Å². The molecular formula is C16H15NO4S. The van der Waals surface area contributed by atoms with Crippen molar-refractivity contribution in [3.8, 4) is 5.75 Å². The minimum absolute atomic E-state index is 0.0416. The summed E-state index contributed by atoms with van der Waals surface area (Å²) >= 11 is 0. The summed E-state index contributed by atoms with van der Waals surface area (Å²) in [6.07, 6.45) is 2.86. The van der Waals surface area contributed by atoms with Crippen LogP contribution in [0.25, 0.3) is 6.08 Å². The molecule has 2 N–H and O–H groups in total. The Morgan fingerprint density at radius 1 is 1.14 bits per heavy atom. The van der Waals surface area contributed by atoms with Crippen LogP contribution in [0.5, 0.6) is 5.75 Å². The highest BCUT2D eigenvalue weighted by Crippen LogP contribution is 2.23. The third kappa shape index (κ3) is 3.81. The lowest BCUT2D eigenvalue weighted by atomic mass is 10.1. The summed E-state index contributed by atoms with van der Waals surface area (Å²) in [7, 11) is -2.35. The molecule has 0 bridgehead atoms. The molecule has 6 heteroatoms. The molecule has 2 aromatic rings. The summed E-state index contributed by atoms with van der Waals surface area (Å²) in [5, 5.41) is 5.10. The molecule has 0 amide bonds. The molecule has 0 atom stereocenters. The van der Waals surface area contributed by atoms with Crippen molar-refractivity contribution in [3.63, 3.8) is 0 Å². The monoisotopic (exact) mass is 317 g/mol. The lowest BCUT2D eigenvalue weighted by Crippen LogP contribution is -2.12. The zero-order valence-corrected chi connectivity index (χ0v) is 12.7. The van der Waals surface area contributed by atoms with E-state index in [9.17, 15) is 13.2 Å². The summed E-state index contributed by atoms with van der Waals surface area (Å²) in [6, 6.07) is 13.0. The van der Waals surface area contributed by atoms with Gasteiger partial charge in [-0.15, -0.1) is 0 Å². The molecule has 0 fully saturated rings. The number of nitrogens with two attached hydrogens (primary N) is 1. The SMILES string of the molecule is COc1ccc(S(N)(=O)=O)cc1/C=C/C(=O)c1ccccc1. The molecule has 0 unspecified atom stereocenters. The number of carbonyl (C=O) groups is 1. The standard InChI is InChI=1S/C16H15NO4S/c1-21-16-10-8-14(22(17,19)20)11-13(16)7-9-15(18)12-5-3-2-4-6-12/h2-11H,1H3,(H2,17,19,20)/b9-7+. The summed E-state index contributed by atoms with van der Waals surface area (Å²) in [6.45, 7) is 0. The molecule has 0 saturated heterocycles. The molecule has 0 aliphatic rings. The average Bonchev–Trinajstić information content (AvgIpc) is 2.52. The average molecular weight is 317 g/mol. The Morgan fingerprint density at radius 2 is 1.82 bits per heavy atom. The van der Waals surface area contributed by atoms with Crippen molar-refractivity contribution in [1.82, 2.24) is 0 Å². The van der Waals surface area contributed by atoms with Gasteiger partial charge < -0.3 is 4.74 Å². The van der Waals surface area contributed by atoms with Crippen LogP contribution in [-0.2, 0) is 10.0 Å². The van der Waals surface area contributed by atoms with Gasteiger partial charge in [0.1, 0.15) is 5.75 Å². The van der Waals surface area contributed by atoms with Crippen molar-refractivity contribution in [1.29, 1.82) is 0 Å². The van der Waals surface area contributed by atoms with Gasteiger partial charge in [0.05, 0.1) is 12.0 Å². The number of carbonyl (C=O) groups excluding carboxylic acids is 1. The van der Waals surface area contributed by atoms with E-state index in [0.29, 0.717) is 16.9 Å². The topological polar surface area (TPSA) is 86.5 Å². The van der Waals surface area contributed by atoms with Gasteiger partial charge in [0.25, 0.3) is 0 Å². The van der Waals surface area contributed by atoms with E-state index in [1.165, 1.54) is 37.5 Å². The van der Waals surface area contributed by atoms with E-state index < -0.39 is 10.0 Å². The first-order valence-corrected chi connectivity index (χ1v) is 7.95. The minimum atomic E-state index is -3.82. The summed E-state index contributed by atoms with van der Waals surface area (Å²) in [5.74, 6) is 0.258. The zero-order valence-electron chi connectivity index (χ0n) is 11.9. The Bertz CT molecular complexity index is 811. The maximum atomic E-state index is 12.0. The van der Waals surface area contributed by atoms with Gasteiger partial charge in [0, 0.05) is 11.1 Å². The van der Waals surface area contributed by atoms with Gasteiger partial charge in [-0.1, -0.05) is 30.3 Å². The Hall–Kier alpha value is -2.44. The number of rotatable bonds is 5. The molecule has 0 spiro atoms. The van der Waals surface area contributed by atoms with Crippen LogP contribution < -0.4 is 9.88 Å². The maximum Gasteiger partial charge on any atom is 0.238 e.